The zero-order valence-corrected chi connectivity index (χ0v) is 13.0. The second kappa shape index (κ2) is 9.10. The van der Waals surface area contributed by atoms with Gasteiger partial charge in [0, 0.05) is 31.1 Å². The van der Waals surface area contributed by atoms with Gasteiger partial charge in [0.25, 0.3) is 0 Å². The Labute approximate surface area is 123 Å². The Morgan fingerprint density at radius 2 is 2.11 bits per heavy atom. The molecule has 1 aromatic rings. The van der Waals surface area contributed by atoms with E-state index in [0.29, 0.717) is 6.42 Å². The van der Waals surface area contributed by atoms with Crippen molar-refractivity contribution in [1.29, 1.82) is 0 Å². The number of hydrogen-bond donors (Lipinski definition) is 1. The van der Waals surface area contributed by atoms with Crippen LogP contribution in [0.3, 0.4) is 0 Å². The summed E-state index contributed by atoms with van der Waals surface area (Å²) >= 11 is 3.43. The number of benzene rings is 1. The van der Waals surface area contributed by atoms with Gasteiger partial charge < -0.3 is 10.0 Å². The molecule has 3 nitrogen and oxygen atoms in total. The molecular formula is C15H22BrNO2. The minimum atomic E-state index is 0.184. The van der Waals surface area contributed by atoms with E-state index < -0.39 is 0 Å². The Balaban J connectivity index is 2.26. The Kier molecular flexibility index (Phi) is 7.75. The van der Waals surface area contributed by atoms with Crippen LogP contribution >= 0.6 is 15.9 Å². The van der Waals surface area contributed by atoms with Crippen LogP contribution in [0.5, 0.6) is 0 Å². The predicted octanol–water partition coefficient (Wildman–Crippen LogP) is 3.00. The lowest BCUT2D eigenvalue weighted by molar-refractivity contribution is -0.129. The first-order valence-corrected chi connectivity index (χ1v) is 7.52. The van der Waals surface area contributed by atoms with Crippen LogP contribution in [0.4, 0.5) is 0 Å². The third-order valence-electron chi connectivity index (χ3n) is 3.09. The number of carbonyl (C=O) groups is 1. The lowest BCUT2D eigenvalue weighted by Crippen LogP contribution is -2.27. The number of rotatable bonds is 8. The minimum absolute atomic E-state index is 0.184. The van der Waals surface area contributed by atoms with E-state index in [1.165, 1.54) is 5.56 Å². The van der Waals surface area contributed by atoms with Gasteiger partial charge >= 0.3 is 0 Å². The molecule has 0 heterocycles. The fourth-order valence-electron chi connectivity index (χ4n) is 1.90. The van der Waals surface area contributed by atoms with Gasteiger partial charge in [-0.1, -0.05) is 28.1 Å². The Bertz CT molecular complexity index is 395. The van der Waals surface area contributed by atoms with Gasteiger partial charge in [-0.3, -0.25) is 4.79 Å². The van der Waals surface area contributed by atoms with Crippen LogP contribution < -0.4 is 0 Å². The average molecular weight is 328 g/mol. The van der Waals surface area contributed by atoms with Crippen molar-refractivity contribution in [3.8, 4) is 0 Å². The molecule has 1 N–H and O–H groups in total. The molecule has 0 fully saturated rings. The lowest BCUT2D eigenvalue weighted by Gasteiger charge is -2.17. The molecule has 0 atom stereocenters. The zero-order valence-electron chi connectivity index (χ0n) is 11.4. The summed E-state index contributed by atoms with van der Waals surface area (Å²) in [5.74, 6) is 0.184. The molecule has 4 heteroatoms. The van der Waals surface area contributed by atoms with E-state index in [4.69, 9.17) is 5.11 Å². The average Bonchev–Trinajstić information content (AvgIpc) is 2.41. The summed E-state index contributed by atoms with van der Waals surface area (Å²) in [5.41, 5.74) is 1.18. The van der Waals surface area contributed by atoms with Crippen molar-refractivity contribution in [3.63, 3.8) is 0 Å². The Morgan fingerprint density at radius 1 is 1.32 bits per heavy atom. The predicted molar refractivity (Wildman–Crippen MR) is 81.0 cm³/mol. The third kappa shape index (κ3) is 6.73. The van der Waals surface area contributed by atoms with E-state index in [1.807, 2.05) is 25.2 Å². The standard InChI is InChI=1S/C15H22BrNO2/c1-17(10-3-2-4-11-18)15(19)9-8-13-6-5-7-14(16)12-13/h5-7,12,18H,2-4,8-11H2,1H3. The fraction of sp³-hybridized carbons (Fsp3) is 0.533. The summed E-state index contributed by atoms with van der Waals surface area (Å²) in [5, 5.41) is 8.69. The Hall–Kier alpha value is -0.870. The van der Waals surface area contributed by atoms with Gasteiger partial charge in [0.05, 0.1) is 0 Å². The molecule has 0 bridgehead atoms. The molecule has 106 valence electrons. The topological polar surface area (TPSA) is 40.5 Å². The molecule has 1 amide bonds. The maximum Gasteiger partial charge on any atom is 0.222 e. The fourth-order valence-corrected chi connectivity index (χ4v) is 2.34. The number of carbonyl (C=O) groups excluding carboxylic acids is 1. The number of aliphatic hydroxyl groups is 1. The monoisotopic (exact) mass is 327 g/mol. The van der Waals surface area contributed by atoms with E-state index in [1.54, 1.807) is 4.90 Å². The number of nitrogens with zero attached hydrogens (tertiary/aromatic N) is 1. The molecule has 1 aromatic carbocycles. The highest BCUT2D eigenvalue weighted by atomic mass is 79.9. The third-order valence-corrected chi connectivity index (χ3v) is 3.59. The van der Waals surface area contributed by atoms with Crippen LogP contribution in [-0.4, -0.2) is 36.1 Å². The molecule has 0 unspecified atom stereocenters. The molecule has 0 aliphatic carbocycles. The number of aliphatic hydroxyl groups excluding tert-OH is 1. The first-order valence-electron chi connectivity index (χ1n) is 6.72. The summed E-state index contributed by atoms with van der Waals surface area (Å²) in [7, 11) is 1.85. The van der Waals surface area contributed by atoms with Crippen LogP contribution in [0.2, 0.25) is 0 Å². The van der Waals surface area contributed by atoms with Crippen LogP contribution in [0.25, 0.3) is 0 Å². The van der Waals surface area contributed by atoms with Gasteiger partial charge in [0.2, 0.25) is 5.91 Å². The lowest BCUT2D eigenvalue weighted by atomic mass is 10.1. The normalized spacial score (nSPS) is 10.5. The van der Waals surface area contributed by atoms with Gasteiger partial charge in [-0.15, -0.1) is 0 Å². The highest BCUT2D eigenvalue weighted by Crippen LogP contribution is 2.13. The maximum atomic E-state index is 11.9. The summed E-state index contributed by atoms with van der Waals surface area (Å²) in [4.78, 5) is 13.7. The molecule has 0 saturated heterocycles. The van der Waals surface area contributed by atoms with E-state index >= 15 is 0 Å². The molecule has 19 heavy (non-hydrogen) atoms. The molecule has 0 radical (unpaired) electrons. The zero-order chi connectivity index (χ0) is 14.1. The summed E-state index contributed by atoms with van der Waals surface area (Å²) in [6, 6.07) is 8.06. The molecular weight excluding hydrogens is 306 g/mol. The molecule has 0 spiro atoms. The first kappa shape index (κ1) is 16.2. The minimum Gasteiger partial charge on any atom is -0.396 e. The Morgan fingerprint density at radius 3 is 2.79 bits per heavy atom. The quantitative estimate of drug-likeness (QED) is 0.745. The van der Waals surface area contributed by atoms with Gasteiger partial charge in [-0.2, -0.15) is 0 Å². The van der Waals surface area contributed by atoms with Gasteiger partial charge in [-0.05, 0) is 43.4 Å². The largest absolute Gasteiger partial charge is 0.396 e. The van der Waals surface area contributed by atoms with E-state index in [9.17, 15) is 4.79 Å². The van der Waals surface area contributed by atoms with Crippen molar-refractivity contribution in [2.24, 2.45) is 0 Å². The maximum absolute atomic E-state index is 11.9. The first-order chi connectivity index (χ1) is 9.13. The molecule has 0 aliphatic heterocycles. The number of halogens is 1. The number of hydrogen-bond acceptors (Lipinski definition) is 2. The summed E-state index contributed by atoms with van der Waals surface area (Å²) in [6.07, 6.45) is 4.08. The van der Waals surface area contributed by atoms with Crippen LogP contribution in [0, 0.1) is 0 Å². The molecule has 1 rings (SSSR count). The summed E-state index contributed by atoms with van der Waals surface area (Å²) in [6.45, 7) is 1.01. The molecule has 0 aromatic heterocycles. The van der Waals surface area contributed by atoms with Gasteiger partial charge in [0.15, 0.2) is 0 Å². The van der Waals surface area contributed by atoms with E-state index in [-0.39, 0.29) is 12.5 Å². The smallest absolute Gasteiger partial charge is 0.222 e. The molecule has 0 aliphatic rings. The van der Waals surface area contributed by atoms with Crippen molar-refractivity contribution in [1.82, 2.24) is 4.90 Å². The van der Waals surface area contributed by atoms with Gasteiger partial charge in [0.1, 0.15) is 0 Å². The SMILES string of the molecule is CN(CCCCCO)C(=O)CCc1cccc(Br)c1. The van der Waals surface area contributed by atoms with Crippen molar-refractivity contribution in [2.75, 3.05) is 20.2 Å². The van der Waals surface area contributed by atoms with Crippen molar-refractivity contribution >= 4 is 21.8 Å². The summed E-state index contributed by atoms with van der Waals surface area (Å²) < 4.78 is 1.05. The molecule has 0 saturated carbocycles. The second-order valence-electron chi connectivity index (χ2n) is 4.73. The van der Waals surface area contributed by atoms with Crippen molar-refractivity contribution < 1.29 is 9.90 Å². The van der Waals surface area contributed by atoms with Crippen LogP contribution in [0.15, 0.2) is 28.7 Å². The van der Waals surface area contributed by atoms with E-state index in [0.717, 1.165) is 36.7 Å². The second-order valence-corrected chi connectivity index (χ2v) is 5.65. The van der Waals surface area contributed by atoms with Crippen molar-refractivity contribution in [3.05, 3.63) is 34.3 Å². The number of amides is 1. The highest BCUT2D eigenvalue weighted by molar-refractivity contribution is 9.10. The number of unbranched alkanes of at least 4 members (excludes halogenated alkanes) is 2. The van der Waals surface area contributed by atoms with E-state index in [2.05, 4.69) is 22.0 Å². The van der Waals surface area contributed by atoms with Crippen LogP contribution in [0.1, 0.15) is 31.2 Å². The van der Waals surface area contributed by atoms with Crippen molar-refractivity contribution in [2.45, 2.75) is 32.1 Å². The van der Waals surface area contributed by atoms with Gasteiger partial charge in [-0.25, -0.2) is 0 Å². The van der Waals surface area contributed by atoms with Crippen LogP contribution in [-0.2, 0) is 11.2 Å². The highest BCUT2D eigenvalue weighted by Gasteiger charge is 2.08. The number of aryl methyl sites for hydroxylation is 1.